The molecule has 5 heteroatoms. The summed E-state index contributed by atoms with van der Waals surface area (Å²) < 4.78 is 2.09. The van der Waals surface area contributed by atoms with Crippen molar-refractivity contribution in [2.75, 3.05) is 26.7 Å². The van der Waals surface area contributed by atoms with Gasteiger partial charge in [-0.3, -0.25) is 4.79 Å². The number of hydrogen-bond acceptors (Lipinski definition) is 3. The molecular formula is C17H24N4O. The van der Waals surface area contributed by atoms with Crippen molar-refractivity contribution >= 4 is 16.9 Å². The highest BCUT2D eigenvalue weighted by Crippen LogP contribution is 2.19. The van der Waals surface area contributed by atoms with Gasteiger partial charge in [-0.25, -0.2) is 4.98 Å². The van der Waals surface area contributed by atoms with Gasteiger partial charge in [-0.1, -0.05) is 6.07 Å². The Labute approximate surface area is 131 Å². The van der Waals surface area contributed by atoms with Crippen LogP contribution in [0.4, 0.5) is 0 Å². The molecular weight excluding hydrogens is 276 g/mol. The third kappa shape index (κ3) is 2.99. The molecule has 118 valence electrons. The van der Waals surface area contributed by atoms with E-state index < -0.39 is 0 Å². The lowest BCUT2D eigenvalue weighted by Gasteiger charge is -2.17. The van der Waals surface area contributed by atoms with Gasteiger partial charge in [-0.15, -0.1) is 0 Å². The third-order valence-electron chi connectivity index (χ3n) is 4.33. The van der Waals surface area contributed by atoms with Crippen LogP contribution >= 0.6 is 0 Å². The van der Waals surface area contributed by atoms with Crippen LogP contribution in [0.25, 0.3) is 11.0 Å². The molecule has 0 spiro atoms. The number of rotatable bonds is 5. The second kappa shape index (κ2) is 6.48. The summed E-state index contributed by atoms with van der Waals surface area (Å²) in [6, 6.07) is 6.26. The highest BCUT2D eigenvalue weighted by molar-refractivity contribution is 5.81. The molecule has 0 saturated carbocycles. The van der Waals surface area contributed by atoms with Crippen LogP contribution in [-0.4, -0.2) is 47.0 Å². The number of carbonyl (C=O) groups is 1. The molecule has 1 aliphatic heterocycles. The molecule has 2 heterocycles. The Morgan fingerprint density at radius 1 is 1.32 bits per heavy atom. The van der Waals surface area contributed by atoms with E-state index in [0.29, 0.717) is 6.54 Å². The highest BCUT2D eigenvalue weighted by Gasteiger charge is 2.20. The van der Waals surface area contributed by atoms with Gasteiger partial charge in [0.05, 0.1) is 11.0 Å². The first-order chi connectivity index (χ1) is 10.7. The zero-order valence-electron chi connectivity index (χ0n) is 13.4. The average Bonchev–Trinajstić information content (AvgIpc) is 3.13. The highest BCUT2D eigenvalue weighted by atomic mass is 16.2. The van der Waals surface area contributed by atoms with Gasteiger partial charge < -0.3 is 14.8 Å². The van der Waals surface area contributed by atoms with E-state index in [2.05, 4.69) is 35.0 Å². The van der Waals surface area contributed by atoms with Crippen LogP contribution in [0.5, 0.6) is 0 Å². The summed E-state index contributed by atoms with van der Waals surface area (Å²) in [5.41, 5.74) is 3.24. The van der Waals surface area contributed by atoms with Gasteiger partial charge in [0.1, 0.15) is 12.4 Å². The molecule has 1 amide bonds. The number of nitrogens with one attached hydrogen (secondary N) is 1. The van der Waals surface area contributed by atoms with Gasteiger partial charge in [0.15, 0.2) is 0 Å². The number of aromatic nitrogens is 2. The first-order valence-corrected chi connectivity index (χ1v) is 8.07. The second-order valence-electron chi connectivity index (χ2n) is 6.05. The molecule has 1 fully saturated rings. The number of benzene rings is 1. The van der Waals surface area contributed by atoms with Crippen LogP contribution in [0.2, 0.25) is 0 Å². The smallest absolute Gasteiger partial charge is 0.242 e. The standard InChI is InChI=1S/C17H24N4O/c1-13-5-6-15-14(11-13)19-16(7-8-18-2)21(15)12-17(22)20-9-3-4-10-20/h5-6,11,18H,3-4,7-10,12H2,1-2H3. The summed E-state index contributed by atoms with van der Waals surface area (Å²) in [7, 11) is 1.94. The number of imidazole rings is 1. The molecule has 3 rings (SSSR count). The molecule has 1 N–H and O–H groups in total. The minimum atomic E-state index is 0.211. The molecule has 0 radical (unpaired) electrons. The Bertz CT molecular complexity index is 671. The maximum absolute atomic E-state index is 12.5. The van der Waals surface area contributed by atoms with Crippen LogP contribution < -0.4 is 5.32 Å². The maximum atomic E-state index is 12.5. The number of nitrogens with zero attached hydrogens (tertiary/aromatic N) is 3. The van der Waals surface area contributed by atoms with Crippen LogP contribution in [0.15, 0.2) is 18.2 Å². The topological polar surface area (TPSA) is 50.2 Å². The SMILES string of the molecule is CNCCc1nc2cc(C)ccc2n1CC(=O)N1CCCC1. The van der Waals surface area contributed by atoms with Crippen molar-refractivity contribution in [1.82, 2.24) is 19.8 Å². The largest absolute Gasteiger partial charge is 0.341 e. The summed E-state index contributed by atoms with van der Waals surface area (Å²) in [5.74, 6) is 1.20. The normalized spacial score (nSPS) is 14.9. The molecule has 0 atom stereocenters. The molecule has 0 unspecified atom stereocenters. The van der Waals surface area contributed by atoms with Crippen LogP contribution in [0, 0.1) is 6.92 Å². The van der Waals surface area contributed by atoms with E-state index >= 15 is 0 Å². The van der Waals surface area contributed by atoms with Crippen molar-refractivity contribution in [3.63, 3.8) is 0 Å². The number of amides is 1. The summed E-state index contributed by atoms with van der Waals surface area (Å²) in [6.07, 6.45) is 3.09. The lowest BCUT2D eigenvalue weighted by atomic mass is 10.2. The lowest BCUT2D eigenvalue weighted by molar-refractivity contribution is -0.130. The van der Waals surface area contributed by atoms with Crippen molar-refractivity contribution in [3.05, 3.63) is 29.6 Å². The molecule has 1 aliphatic rings. The minimum Gasteiger partial charge on any atom is -0.341 e. The Kier molecular flexibility index (Phi) is 4.43. The third-order valence-corrected chi connectivity index (χ3v) is 4.33. The van der Waals surface area contributed by atoms with Gasteiger partial charge in [0.2, 0.25) is 5.91 Å². The van der Waals surface area contributed by atoms with Crippen molar-refractivity contribution in [1.29, 1.82) is 0 Å². The number of hydrogen-bond donors (Lipinski definition) is 1. The van der Waals surface area contributed by atoms with E-state index in [0.717, 1.165) is 55.8 Å². The zero-order valence-corrected chi connectivity index (χ0v) is 13.4. The van der Waals surface area contributed by atoms with Crippen molar-refractivity contribution in [2.24, 2.45) is 0 Å². The molecule has 1 aromatic carbocycles. The number of likely N-dealkylation sites (N-methyl/N-ethyl adjacent to an activating group) is 1. The van der Waals surface area contributed by atoms with Crippen molar-refractivity contribution in [3.8, 4) is 0 Å². The Hall–Kier alpha value is -1.88. The van der Waals surface area contributed by atoms with Gasteiger partial charge in [0, 0.05) is 26.1 Å². The summed E-state index contributed by atoms with van der Waals surface area (Å²) in [4.78, 5) is 19.2. The monoisotopic (exact) mass is 300 g/mol. The van der Waals surface area contributed by atoms with Gasteiger partial charge in [0.25, 0.3) is 0 Å². The van der Waals surface area contributed by atoms with Crippen LogP contribution in [0.3, 0.4) is 0 Å². The van der Waals surface area contributed by atoms with Gasteiger partial charge in [-0.05, 0) is 44.5 Å². The molecule has 5 nitrogen and oxygen atoms in total. The molecule has 1 aromatic heterocycles. The summed E-state index contributed by atoms with van der Waals surface area (Å²) >= 11 is 0. The lowest BCUT2D eigenvalue weighted by Crippen LogP contribution is -2.31. The van der Waals surface area contributed by atoms with E-state index in [1.54, 1.807) is 0 Å². The fourth-order valence-corrected chi connectivity index (χ4v) is 3.10. The van der Waals surface area contributed by atoms with Gasteiger partial charge >= 0.3 is 0 Å². The number of aryl methyl sites for hydroxylation is 1. The Morgan fingerprint density at radius 2 is 2.09 bits per heavy atom. The predicted molar refractivity (Wildman–Crippen MR) is 87.9 cm³/mol. The summed E-state index contributed by atoms with van der Waals surface area (Å²) in [5, 5.41) is 3.16. The second-order valence-corrected chi connectivity index (χ2v) is 6.05. The van der Waals surface area contributed by atoms with E-state index in [9.17, 15) is 4.79 Å². The molecule has 1 saturated heterocycles. The molecule has 22 heavy (non-hydrogen) atoms. The van der Waals surface area contributed by atoms with Crippen LogP contribution in [0.1, 0.15) is 24.2 Å². The van der Waals surface area contributed by atoms with E-state index in [1.807, 2.05) is 11.9 Å². The maximum Gasteiger partial charge on any atom is 0.242 e. The van der Waals surface area contributed by atoms with E-state index in [1.165, 1.54) is 5.56 Å². The van der Waals surface area contributed by atoms with E-state index in [-0.39, 0.29) is 5.91 Å². The first kappa shape index (κ1) is 15.0. The number of likely N-dealkylation sites (tertiary alicyclic amines) is 1. The Balaban J connectivity index is 1.92. The first-order valence-electron chi connectivity index (χ1n) is 8.07. The fraction of sp³-hybridized carbons (Fsp3) is 0.529. The van der Waals surface area contributed by atoms with Crippen molar-refractivity contribution in [2.45, 2.75) is 32.7 Å². The van der Waals surface area contributed by atoms with Gasteiger partial charge in [-0.2, -0.15) is 0 Å². The minimum absolute atomic E-state index is 0.211. The quantitative estimate of drug-likeness (QED) is 0.915. The average molecular weight is 300 g/mol. The fourth-order valence-electron chi connectivity index (χ4n) is 3.10. The predicted octanol–water partition coefficient (Wildman–Crippen LogP) is 1.73. The van der Waals surface area contributed by atoms with Crippen molar-refractivity contribution < 1.29 is 4.79 Å². The number of carbonyl (C=O) groups excluding carboxylic acids is 1. The Morgan fingerprint density at radius 3 is 2.82 bits per heavy atom. The molecule has 2 aromatic rings. The number of fused-ring (bicyclic) bond motifs is 1. The zero-order chi connectivity index (χ0) is 15.5. The molecule has 0 aliphatic carbocycles. The van der Waals surface area contributed by atoms with E-state index in [4.69, 9.17) is 4.98 Å². The van der Waals surface area contributed by atoms with Crippen LogP contribution in [-0.2, 0) is 17.8 Å². The summed E-state index contributed by atoms with van der Waals surface area (Å²) in [6.45, 7) is 5.13. The molecule has 0 bridgehead atoms.